The van der Waals surface area contributed by atoms with Crippen LogP contribution in [0.3, 0.4) is 0 Å². The lowest BCUT2D eigenvalue weighted by Gasteiger charge is -2.44. The van der Waals surface area contributed by atoms with Gasteiger partial charge in [0.2, 0.25) is 11.6 Å². The van der Waals surface area contributed by atoms with E-state index in [0.717, 1.165) is 5.56 Å². The Hall–Kier alpha value is -2.68. The molecule has 0 radical (unpaired) electrons. The first-order chi connectivity index (χ1) is 14.2. The highest BCUT2D eigenvalue weighted by Gasteiger charge is 2.32. The Morgan fingerprint density at radius 2 is 1.57 bits per heavy atom. The lowest BCUT2D eigenvalue weighted by Crippen LogP contribution is -2.58. The summed E-state index contributed by atoms with van der Waals surface area (Å²) in [7, 11) is 0. The molecule has 0 N–H and O–H groups in total. The molecule has 0 bridgehead atoms. The number of ether oxygens (including phenoxy) is 1. The number of carbonyl (C=O) groups excluding carboxylic acids is 1. The van der Waals surface area contributed by atoms with E-state index >= 15 is 0 Å². The molecule has 1 amide bonds. The molecule has 30 heavy (non-hydrogen) atoms. The Morgan fingerprint density at radius 1 is 0.967 bits per heavy atom. The average molecular weight is 428 g/mol. The number of carbonyl (C=O) groups is 1. The van der Waals surface area contributed by atoms with E-state index in [1.807, 2.05) is 13.8 Å². The van der Waals surface area contributed by atoms with Crippen LogP contribution in [0.1, 0.15) is 19.4 Å². The Bertz CT molecular complexity index is 896. The third-order valence-electron chi connectivity index (χ3n) is 5.15. The fourth-order valence-electron chi connectivity index (χ4n) is 3.49. The molecule has 1 aliphatic rings. The van der Waals surface area contributed by atoms with Crippen LogP contribution < -0.4 is 4.74 Å². The van der Waals surface area contributed by atoms with E-state index in [1.54, 1.807) is 12.1 Å². The van der Waals surface area contributed by atoms with E-state index in [4.69, 9.17) is 4.74 Å². The van der Waals surface area contributed by atoms with Gasteiger partial charge in [-0.1, -0.05) is 12.1 Å². The summed E-state index contributed by atoms with van der Waals surface area (Å²) in [6, 6.07) is 5.94. The molecule has 2 aromatic rings. The number of hydrogen-bond acceptors (Lipinski definition) is 3. The van der Waals surface area contributed by atoms with E-state index in [-0.39, 0.29) is 24.0 Å². The molecule has 9 heteroatoms. The Kier molecular flexibility index (Phi) is 6.60. The van der Waals surface area contributed by atoms with Crippen molar-refractivity contribution in [3.63, 3.8) is 0 Å². The summed E-state index contributed by atoms with van der Waals surface area (Å²) < 4.78 is 71.8. The molecular weight excluding hydrogens is 407 g/mol. The molecule has 0 aliphatic carbocycles. The lowest BCUT2D eigenvalue weighted by atomic mass is 10.1. The molecule has 0 spiro atoms. The molecule has 0 saturated carbocycles. The number of benzene rings is 2. The quantitative estimate of drug-likeness (QED) is 0.535. The van der Waals surface area contributed by atoms with Crippen molar-refractivity contribution in [1.29, 1.82) is 0 Å². The van der Waals surface area contributed by atoms with E-state index < -0.39 is 41.5 Å². The molecule has 4 nitrogen and oxygen atoms in total. The molecule has 3 rings (SSSR count). The van der Waals surface area contributed by atoms with Gasteiger partial charge in [0.1, 0.15) is 5.82 Å². The van der Waals surface area contributed by atoms with Crippen molar-refractivity contribution in [3.05, 3.63) is 65.0 Å². The van der Waals surface area contributed by atoms with Crippen LogP contribution >= 0.6 is 0 Å². The smallest absolute Gasteiger partial charge is 0.260 e. The van der Waals surface area contributed by atoms with Crippen LogP contribution in [0, 0.1) is 29.1 Å². The Balaban J connectivity index is 1.62. The van der Waals surface area contributed by atoms with Gasteiger partial charge in [-0.2, -0.15) is 8.78 Å². The standard InChI is InChI=1S/C21H21F5N2O2/c1-12-9-28(13(2)8-27(12)10-14-3-5-15(22)6-4-14)18(29)11-30-21-19(25)16(23)7-17(24)20(21)26/h3-7,12-13H,8-11H2,1-2H3/t12-,13+/m1/s1. The van der Waals surface area contributed by atoms with Gasteiger partial charge in [0.25, 0.3) is 5.91 Å². The minimum atomic E-state index is -1.69. The van der Waals surface area contributed by atoms with Gasteiger partial charge in [-0.25, -0.2) is 13.2 Å². The fourth-order valence-corrected chi connectivity index (χ4v) is 3.49. The summed E-state index contributed by atoms with van der Waals surface area (Å²) >= 11 is 0. The van der Waals surface area contributed by atoms with Gasteiger partial charge in [-0.05, 0) is 31.5 Å². The lowest BCUT2D eigenvalue weighted by molar-refractivity contribution is -0.139. The molecule has 2 atom stereocenters. The number of nitrogens with zero attached hydrogens (tertiary/aromatic N) is 2. The molecule has 0 aromatic heterocycles. The summed E-state index contributed by atoms with van der Waals surface area (Å²) in [5, 5.41) is 0. The van der Waals surface area contributed by atoms with E-state index in [9.17, 15) is 26.7 Å². The van der Waals surface area contributed by atoms with Crippen LogP contribution in [0.2, 0.25) is 0 Å². The van der Waals surface area contributed by atoms with Gasteiger partial charge in [-0.15, -0.1) is 0 Å². The maximum atomic E-state index is 13.7. The molecular formula is C21H21F5N2O2. The number of rotatable bonds is 5. The van der Waals surface area contributed by atoms with Crippen molar-refractivity contribution < 1.29 is 31.5 Å². The van der Waals surface area contributed by atoms with Crippen molar-refractivity contribution in [3.8, 4) is 5.75 Å². The first-order valence-electron chi connectivity index (χ1n) is 9.41. The predicted molar refractivity (Wildman–Crippen MR) is 99.2 cm³/mol. The normalized spacial score (nSPS) is 19.8. The van der Waals surface area contributed by atoms with Gasteiger partial charge in [0, 0.05) is 37.8 Å². The van der Waals surface area contributed by atoms with Gasteiger partial charge in [0.05, 0.1) is 0 Å². The topological polar surface area (TPSA) is 32.8 Å². The van der Waals surface area contributed by atoms with Crippen LogP contribution in [0.25, 0.3) is 0 Å². The summed E-state index contributed by atoms with van der Waals surface area (Å²) in [6.07, 6.45) is 0. The van der Waals surface area contributed by atoms with Gasteiger partial charge in [-0.3, -0.25) is 9.69 Å². The first-order valence-corrected chi connectivity index (χ1v) is 9.41. The predicted octanol–water partition coefficient (Wildman–Crippen LogP) is 3.88. The Labute approximate surface area is 170 Å². The summed E-state index contributed by atoms with van der Waals surface area (Å²) in [5.74, 6) is -8.71. The fraction of sp³-hybridized carbons (Fsp3) is 0.381. The van der Waals surface area contributed by atoms with Crippen molar-refractivity contribution in [2.75, 3.05) is 19.7 Å². The maximum Gasteiger partial charge on any atom is 0.260 e. The second-order valence-corrected chi connectivity index (χ2v) is 7.39. The molecule has 1 aliphatic heterocycles. The highest BCUT2D eigenvalue weighted by atomic mass is 19.2. The van der Waals surface area contributed by atoms with Crippen molar-refractivity contribution in [2.45, 2.75) is 32.5 Å². The van der Waals surface area contributed by atoms with Gasteiger partial charge >= 0.3 is 0 Å². The maximum absolute atomic E-state index is 13.7. The SMILES string of the molecule is C[C@@H]1CN(C(=O)COc2c(F)c(F)cc(F)c2F)[C@@H](C)CN1Cc1ccc(F)cc1. The zero-order chi connectivity index (χ0) is 22.0. The number of amides is 1. The number of hydrogen-bond donors (Lipinski definition) is 0. The molecule has 1 heterocycles. The highest BCUT2D eigenvalue weighted by molar-refractivity contribution is 5.78. The molecule has 162 valence electrons. The van der Waals surface area contributed by atoms with Crippen LogP contribution in [-0.2, 0) is 11.3 Å². The van der Waals surface area contributed by atoms with Gasteiger partial charge in [0.15, 0.2) is 24.0 Å². The van der Waals surface area contributed by atoms with Crippen molar-refractivity contribution in [1.82, 2.24) is 9.80 Å². The zero-order valence-electron chi connectivity index (χ0n) is 16.5. The molecule has 0 unspecified atom stereocenters. The monoisotopic (exact) mass is 428 g/mol. The Morgan fingerprint density at radius 3 is 2.17 bits per heavy atom. The average Bonchev–Trinajstić information content (AvgIpc) is 2.70. The highest BCUT2D eigenvalue weighted by Crippen LogP contribution is 2.27. The second kappa shape index (κ2) is 8.99. The number of halogens is 5. The van der Waals surface area contributed by atoms with Gasteiger partial charge < -0.3 is 9.64 Å². The van der Waals surface area contributed by atoms with E-state index in [0.29, 0.717) is 19.6 Å². The largest absolute Gasteiger partial charge is 0.477 e. The molecule has 2 aromatic carbocycles. The zero-order valence-corrected chi connectivity index (χ0v) is 16.5. The molecule has 1 saturated heterocycles. The van der Waals surface area contributed by atoms with Crippen LogP contribution in [0.15, 0.2) is 30.3 Å². The minimum Gasteiger partial charge on any atom is -0.477 e. The molecule has 1 fully saturated rings. The second-order valence-electron chi connectivity index (χ2n) is 7.39. The number of piperazine rings is 1. The van der Waals surface area contributed by atoms with Crippen molar-refractivity contribution >= 4 is 5.91 Å². The first kappa shape index (κ1) is 22.0. The summed E-state index contributed by atoms with van der Waals surface area (Å²) in [6.45, 7) is 4.38. The van der Waals surface area contributed by atoms with Crippen LogP contribution in [-0.4, -0.2) is 47.5 Å². The van der Waals surface area contributed by atoms with Crippen LogP contribution in [0.5, 0.6) is 5.75 Å². The minimum absolute atomic E-state index is 0.0460. The van der Waals surface area contributed by atoms with Crippen molar-refractivity contribution in [2.24, 2.45) is 0 Å². The third-order valence-corrected chi connectivity index (χ3v) is 5.15. The van der Waals surface area contributed by atoms with Crippen LogP contribution in [0.4, 0.5) is 22.0 Å². The van der Waals surface area contributed by atoms with E-state index in [1.165, 1.54) is 17.0 Å². The summed E-state index contributed by atoms with van der Waals surface area (Å²) in [4.78, 5) is 16.2. The van der Waals surface area contributed by atoms with E-state index in [2.05, 4.69) is 4.90 Å². The summed E-state index contributed by atoms with van der Waals surface area (Å²) in [5.41, 5.74) is 0.928. The third kappa shape index (κ3) is 4.72.